The Morgan fingerprint density at radius 3 is 2.46 bits per heavy atom. The van der Waals surface area contributed by atoms with E-state index in [1.165, 1.54) is 32.8 Å². The van der Waals surface area contributed by atoms with Crippen molar-refractivity contribution in [2.24, 2.45) is 0 Å². The van der Waals surface area contributed by atoms with Gasteiger partial charge < -0.3 is 0 Å². The third-order valence-electron chi connectivity index (χ3n) is 6.19. The number of hydrogen-bond acceptors (Lipinski definition) is 0. The van der Waals surface area contributed by atoms with Gasteiger partial charge in [-0.2, -0.15) is 0 Å². The zero-order valence-corrected chi connectivity index (χ0v) is 12.7. The normalized spacial score (nSPS) is 30.5. The second kappa shape index (κ2) is 2.82. The van der Waals surface area contributed by atoms with E-state index in [4.69, 9.17) is 0 Å². The van der Waals surface area contributed by atoms with E-state index in [9.17, 15) is 0 Å². The molecule has 110 valence electrons. The number of rotatable bonds is 0. The van der Waals surface area contributed by atoms with Crippen molar-refractivity contribution in [3.05, 3.63) is 57.8 Å². The van der Waals surface area contributed by atoms with Gasteiger partial charge in [0, 0.05) is 18.2 Å². The van der Waals surface area contributed by atoms with Crippen molar-refractivity contribution < 1.29 is 13.7 Å². The standard InChI is InChI=1S/C19H12N5/c1-2-14-10-20-7-8-21-11-15-4-6-17-16-5-3-13-9-12(1)22(14)19(18(20)21,23(13)16)24(15)17/h1-11,18H/q+3. The summed E-state index contributed by atoms with van der Waals surface area (Å²) < 4.78 is 12.3. The van der Waals surface area contributed by atoms with Crippen LogP contribution in [0.15, 0.2) is 36.4 Å². The first kappa shape index (κ1) is 10.5. The summed E-state index contributed by atoms with van der Waals surface area (Å²) in [5.74, 6) is -0.293. The Bertz CT molecular complexity index is 1450. The van der Waals surface area contributed by atoms with Crippen LogP contribution in [0.4, 0.5) is 0 Å². The minimum absolute atomic E-state index is 0.191. The summed E-state index contributed by atoms with van der Waals surface area (Å²) in [6.45, 7) is 0. The van der Waals surface area contributed by atoms with Crippen molar-refractivity contribution in [2.45, 2.75) is 12.0 Å². The molecule has 0 saturated carbocycles. The van der Waals surface area contributed by atoms with Crippen LogP contribution < -0.4 is 21.4 Å². The summed E-state index contributed by atoms with van der Waals surface area (Å²) in [5.41, 5.74) is 2.59. The van der Waals surface area contributed by atoms with Crippen molar-refractivity contribution in [3.63, 3.8) is 0 Å². The van der Waals surface area contributed by atoms with Gasteiger partial charge >= 0.3 is 12.0 Å². The Balaban J connectivity index is 1.81. The van der Waals surface area contributed by atoms with Crippen LogP contribution in [0.2, 0.25) is 0 Å². The van der Waals surface area contributed by atoms with Gasteiger partial charge in [-0.1, -0.05) is 0 Å². The first-order valence-electron chi connectivity index (χ1n) is 8.32. The molecule has 0 saturated heterocycles. The van der Waals surface area contributed by atoms with E-state index in [0.29, 0.717) is 0 Å². The lowest BCUT2D eigenvalue weighted by molar-refractivity contribution is -0.771. The van der Waals surface area contributed by atoms with Gasteiger partial charge in [0.2, 0.25) is 23.8 Å². The second-order valence-corrected chi connectivity index (χ2v) is 7.13. The lowest BCUT2D eigenvalue weighted by Crippen LogP contribution is -2.73. The van der Waals surface area contributed by atoms with Gasteiger partial charge in [0.1, 0.15) is 16.0 Å². The first-order chi connectivity index (χ1) is 11.9. The quantitative estimate of drug-likeness (QED) is 0.475. The van der Waals surface area contributed by atoms with E-state index in [1.807, 2.05) is 0 Å². The van der Waals surface area contributed by atoms with Crippen molar-refractivity contribution in [1.82, 2.24) is 9.13 Å². The first-order valence-corrected chi connectivity index (χ1v) is 8.32. The molecule has 5 nitrogen and oxygen atoms in total. The van der Waals surface area contributed by atoms with Crippen molar-refractivity contribution in [3.8, 4) is 0 Å². The number of nitrogens with zero attached hydrogens (tertiary/aromatic N) is 5. The van der Waals surface area contributed by atoms with E-state index in [2.05, 4.69) is 90.2 Å². The van der Waals surface area contributed by atoms with Crippen LogP contribution in [0.5, 0.6) is 0 Å². The Morgan fingerprint density at radius 1 is 0.833 bits per heavy atom. The maximum Gasteiger partial charge on any atom is 0.468 e. The second-order valence-electron chi connectivity index (χ2n) is 7.13. The molecule has 8 heterocycles. The van der Waals surface area contributed by atoms with Crippen LogP contribution in [0.1, 0.15) is 0 Å². The Morgan fingerprint density at radius 2 is 1.58 bits per heavy atom. The Labute approximate surface area is 135 Å². The average Bonchev–Trinajstić information content (AvgIpc) is 3.36. The number of aromatic nitrogens is 2. The molecule has 0 aliphatic carbocycles. The van der Waals surface area contributed by atoms with Crippen molar-refractivity contribution in [1.29, 1.82) is 0 Å². The topological polar surface area (TPSA) is 18.9 Å². The van der Waals surface area contributed by atoms with Crippen LogP contribution in [0.25, 0.3) is 24.2 Å². The minimum atomic E-state index is -0.293. The molecule has 0 amide bonds. The molecule has 24 heavy (non-hydrogen) atoms. The molecule has 6 aliphatic heterocycles. The fourth-order valence-electron chi connectivity index (χ4n) is 5.52. The lowest BCUT2D eigenvalue weighted by atomic mass is 10.1. The van der Waals surface area contributed by atoms with Gasteiger partial charge in [0.25, 0.3) is 0 Å². The van der Waals surface area contributed by atoms with Gasteiger partial charge in [-0.05, 0) is 24.3 Å². The van der Waals surface area contributed by atoms with Gasteiger partial charge in [-0.3, -0.25) is 0 Å². The highest BCUT2D eigenvalue weighted by atomic mass is 15.6. The summed E-state index contributed by atoms with van der Waals surface area (Å²) in [6, 6.07) is 8.98. The molecule has 0 aromatic carbocycles. The van der Waals surface area contributed by atoms with Gasteiger partial charge in [0.05, 0.1) is 5.35 Å². The molecular formula is C19H12N5+3. The highest BCUT2D eigenvalue weighted by Gasteiger charge is 2.75. The lowest BCUT2D eigenvalue weighted by Gasteiger charge is -2.34. The molecule has 2 aromatic heterocycles. The maximum atomic E-state index is 2.53. The molecule has 2 unspecified atom stereocenters. The van der Waals surface area contributed by atoms with Gasteiger partial charge in [-0.15, -0.1) is 13.7 Å². The monoisotopic (exact) mass is 310 g/mol. The molecule has 0 bridgehead atoms. The van der Waals surface area contributed by atoms with Gasteiger partial charge in [0.15, 0.2) is 12.4 Å². The molecular weight excluding hydrogens is 298 g/mol. The molecule has 6 aliphatic rings. The maximum absolute atomic E-state index is 2.53. The fourth-order valence-corrected chi connectivity index (χ4v) is 5.52. The average molecular weight is 310 g/mol. The predicted octanol–water partition coefficient (Wildman–Crippen LogP) is -2.60. The highest BCUT2D eigenvalue weighted by molar-refractivity contribution is 6.17. The van der Waals surface area contributed by atoms with Crippen LogP contribution in [0, 0.1) is 0 Å². The fraction of sp³-hybridized carbons (Fsp3) is 0.105. The Kier molecular flexibility index (Phi) is 1.24. The van der Waals surface area contributed by atoms with Crippen LogP contribution >= 0.6 is 0 Å². The summed E-state index contributed by atoms with van der Waals surface area (Å²) in [4.78, 5) is 0. The highest BCUT2D eigenvalue weighted by Crippen LogP contribution is 2.38. The van der Waals surface area contributed by atoms with Crippen LogP contribution in [-0.4, -0.2) is 47.2 Å². The van der Waals surface area contributed by atoms with E-state index in [-0.39, 0.29) is 12.0 Å². The predicted molar refractivity (Wildman–Crippen MR) is 88.4 cm³/mol. The number of hydrogen-bond donors (Lipinski definition) is 0. The van der Waals surface area contributed by atoms with E-state index in [0.717, 1.165) is 0 Å². The van der Waals surface area contributed by atoms with Crippen molar-refractivity contribution in [2.75, 3.05) is 0 Å². The zero-order valence-electron chi connectivity index (χ0n) is 12.7. The molecule has 2 aromatic rings. The summed E-state index contributed by atoms with van der Waals surface area (Å²) >= 11 is 0. The molecule has 5 heteroatoms. The van der Waals surface area contributed by atoms with E-state index >= 15 is 0 Å². The SMILES string of the molecule is C1=CC2=[N+]3C1=c1ccc4n1C31C3[N+](=CC=[N+]3C=4)C=c3ccc(n31)=C2. The van der Waals surface area contributed by atoms with E-state index in [1.54, 1.807) is 0 Å². The summed E-state index contributed by atoms with van der Waals surface area (Å²) in [6.07, 6.45) is 15.9. The molecule has 2 atom stereocenters. The summed E-state index contributed by atoms with van der Waals surface area (Å²) in [7, 11) is 0. The molecule has 0 radical (unpaired) electrons. The third kappa shape index (κ3) is 0.754. The van der Waals surface area contributed by atoms with Gasteiger partial charge in [-0.25, -0.2) is 9.13 Å². The van der Waals surface area contributed by atoms with Crippen LogP contribution in [-0.2, 0) is 5.79 Å². The molecule has 1 spiro atoms. The third-order valence-corrected chi connectivity index (χ3v) is 6.19. The van der Waals surface area contributed by atoms with Crippen LogP contribution in [0.3, 0.4) is 0 Å². The molecule has 8 rings (SSSR count). The van der Waals surface area contributed by atoms with Crippen molar-refractivity contribution >= 4 is 42.3 Å². The largest absolute Gasteiger partial charge is 0.468 e. The minimum Gasteiger partial charge on any atom is -0.243 e. The smallest absolute Gasteiger partial charge is 0.243 e. The molecule has 0 fully saturated rings. The Hall–Kier alpha value is -3.21. The van der Waals surface area contributed by atoms with E-state index < -0.39 is 0 Å². The molecule has 0 N–H and O–H groups in total. The number of allylic oxidation sites excluding steroid dienone is 1. The summed E-state index contributed by atoms with van der Waals surface area (Å²) in [5, 5.41) is 5.10. The zero-order chi connectivity index (χ0) is 15.2.